The fourth-order valence-electron chi connectivity index (χ4n) is 1.63. The fraction of sp³-hybridized carbons (Fsp3) is 0.500. The second-order valence-corrected chi connectivity index (χ2v) is 6.96. The van der Waals surface area contributed by atoms with Gasteiger partial charge >= 0.3 is 0 Å². The molecule has 1 amide bonds. The number of sulfonamides is 1. The molecule has 0 saturated heterocycles. The predicted molar refractivity (Wildman–Crippen MR) is 83.5 cm³/mol. The number of benzene rings is 1. The molecule has 1 aromatic carbocycles. The van der Waals surface area contributed by atoms with Crippen molar-refractivity contribution in [2.24, 2.45) is 0 Å². The van der Waals surface area contributed by atoms with Crippen LogP contribution in [0.4, 0.5) is 0 Å². The van der Waals surface area contributed by atoms with Crippen LogP contribution in [0.3, 0.4) is 0 Å². The summed E-state index contributed by atoms with van der Waals surface area (Å²) in [6, 6.07) is 9.38. The number of hydrogen-bond donors (Lipinski definition) is 2. The number of hydrogen-bond acceptors (Lipinski definition) is 4. The standard InChI is InChI=1S/C14H23N3O3S/c1-17(2)10-9-15-14(18)12-16-21(19,20)11-8-13-6-4-3-5-7-13/h3-7,16H,8-12H2,1-2H3,(H,15,18). The van der Waals surface area contributed by atoms with Gasteiger partial charge in [0.05, 0.1) is 12.3 Å². The first-order valence-corrected chi connectivity index (χ1v) is 8.47. The Balaban J connectivity index is 2.28. The van der Waals surface area contributed by atoms with E-state index in [9.17, 15) is 13.2 Å². The molecule has 0 aromatic heterocycles. The summed E-state index contributed by atoms with van der Waals surface area (Å²) in [5, 5.41) is 2.65. The zero-order chi connectivity index (χ0) is 15.7. The third-order valence-corrected chi connectivity index (χ3v) is 4.16. The highest BCUT2D eigenvalue weighted by Gasteiger charge is 2.12. The van der Waals surface area contributed by atoms with Crippen LogP contribution in [0.1, 0.15) is 5.56 Å². The number of carbonyl (C=O) groups excluding carboxylic acids is 1. The van der Waals surface area contributed by atoms with Crippen LogP contribution >= 0.6 is 0 Å². The van der Waals surface area contributed by atoms with Crippen LogP contribution < -0.4 is 10.0 Å². The van der Waals surface area contributed by atoms with Crippen LogP contribution in [0, 0.1) is 0 Å². The number of nitrogens with one attached hydrogen (secondary N) is 2. The van der Waals surface area contributed by atoms with Gasteiger partial charge in [0.2, 0.25) is 15.9 Å². The van der Waals surface area contributed by atoms with E-state index in [2.05, 4.69) is 10.0 Å². The molecule has 0 aliphatic heterocycles. The van der Waals surface area contributed by atoms with Crippen LogP contribution in [0.2, 0.25) is 0 Å². The largest absolute Gasteiger partial charge is 0.354 e. The average molecular weight is 313 g/mol. The summed E-state index contributed by atoms with van der Waals surface area (Å²) in [4.78, 5) is 13.4. The van der Waals surface area contributed by atoms with Gasteiger partial charge in [-0.2, -0.15) is 0 Å². The molecule has 0 aliphatic carbocycles. The highest BCUT2D eigenvalue weighted by atomic mass is 32.2. The molecule has 118 valence electrons. The van der Waals surface area contributed by atoms with Gasteiger partial charge in [0.25, 0.3) is 0 Å². The van der Waals surface area contributed by atoms with Gasteiger partial charge in [-0.15, -0.1) is 0 Å². The molecule has 2 N–H and O–H groups in total. The molecular weight excluding hydrogens is 290 g/mol. The topological polar surface area (TPSA) is 78.5 Å². The lowest BCUT2D eigenvalue weighted by atomic mass is 10.2. The molecule has 0 saturated carbocycles. The molecule has 0 bridgehead atoms. The van der Waals surface area contributed by atoms with E-state index in [-0.39, 0.29) is 18.2 Å². The smallest absolute Gasteiger partial charge is 0.235 e. The number of aryl methyl sites for hydroxylation is 1. The number of likely N-dealkylation sites (N-methyl/N-ethyl adjacent to an activating group) is 1. The molecule has 21 heavy (non-hydrogen) atoms. The van der Waals surface area contributed by atoms with Crippen LogP contribution in [0.5, 0.6) is 0 Å². The molecule has 0 unspecified atom stereocenters. The molecule has 0 fully saturated rings. The van der Waals surface area contributed by atoms with E-state index in [4.69, 9.17) is 0 Å². The first kappa shape index (κ1) is 17.6. The molecular formula is C14H23N3O3S. The highest BCUT2D eigenvalue weighted by molar-refractivity contribution is 7.89. The van der Waals surface area contributed by atoms with Crippen LogP contribution in [0.25, 0.3) is 0 Å². The predicted octanol–water partition coefficient (Wildman–Crippen LogP) is -0.174. The van der Waals surface area contributed by atoms with Crippen LogP contribution in [0.15, 0.2) is 30.3 Å². The normalized spacial score (nSPS) is 11.6. The second kappa shape index (κ2) is 8.76. The van der Waals surface area contributed by atoms with E-state index in [0.29, 0.717) is 19.5 Å². The van der Waals surface area contributed by atoms with Crippen LogP contribution in [-0.4, -0.2) is 58.7 Å². The minimum Gasteiger partial charge on any atom is -0.354 e. The van der Waals surface area contributed by atoms with Crippen molar-refractivity contribution in [3.8, 4) is 0 Å². The molecule has 1 aromatic rings. The maximum Gasteiger partial charge on any atom is 0.235 e. The summed E-state index contributed by atoms with van der Waals surface area (Å²) in [5.74, 6) is -0.345. The maximum absolute atomic E-state index is 11.8. The summed E-state index contributed by atoms with van der Waals surface area (Å²) < 4.78 is 25.9. The van der Waals surface area contributed by atoms with Gasteiger partial charge < -0.3 is 10.2 Å². The third kappa shape index (κ3) is 8.44. The highest BCUT2D eigenvalue weighted by Crippen LogP contribution is 2.01. The number of amides is 1. The zero-order valence-electron chi connectivity index (χ0n) is 12.5. The van der Waals surface area contributed by atoms with E-state index in [1.807, 2.05) is 49.3 Å². The number of rotatable bonds is 9. The van der Waals surface area contributed by atoms with Crippen molar-refractivity contribution in [2.45, 2.75) is 6.42 Å². The van der Waals surface area contributed by atoms with E-state index >= 15 is 0 Å². The summed E-state index contributed by atoms with van der Waals surface area (Å²) in [7, 11) is 0.365. The third-order valence-electron chi connectivity index (χ3n) is 2.84. The molecule has 0 heterocycles. The fourth-order valence-corrected chi connectivity index (χ4v) is 2.63. The van der Waals surface area contributed by atoms with Crippen LogP contribution in [-0.2, 0) is 21.2 Å². The average Bonchev–Trinajstić information content (AvgIpc) is 2.44. The van der Waals surface area contributed by atoms with E-state index in [0.717, 1.165) is 5.56 Å². The zero-order valence-corrected chi connectivity index (χ0v) is 13.3. The van der Waals surface area contributed by atoms with Crippen molar-refractivity contribution in [3.63, 3.8) is 0 Å². The summed E-state index contributed by atoms with van der Waals surface area (Å²) >= 11 is 0. The summed E-state index contributed by atoms with van der Waals surface area (Å²) in [6.45, 7) is 0.995. The van der Waals surface area contributed by atoms with Crippen molar-refractivity contribution in [1.82, 2.24) is 14.9 Å². The Labute approximate surface area is 126 Å². The van der Waals surface area contributed by atoms with Gasteiger partial charge in [0, 0.05) is 13.1 Å². The maximum atomic E-state index is 11.8. The van der Waals surface area contributed by atoms with E-state index in [1.54, 1.807) is 0 Å². The first-order valence-electron chi connectivity index (χ1n) is 6.82. The number of carbonyl (C=O) groups is 1. The Morgan fingerprint density at radius 1 is 1.19 bits per heavy atom. The Morgan fingerprint density at radius 3 is 2.48 bits per heavy atom. The van der Waals surface area contributed by atoms with Crippen molar-refractivity contribution in [2.75, 3.05) is 39.5 Å². The lowest BCUT2D eigenvalue weighted by Gasteiger charge is -2.11. The van der Waals surface area contributed by atoms with Crippen molar-refractivity contribution < 1.29 is 13.2 Å². The van der Waals surface area contributed by atoms with E-state index < -0.39 is 10.0 Å². The molecule has 7 heteroatoms. The van der Waals surface area contributed by atoms with Gasteiger partial charge in [0.1, 0.15) is 0 Å². The lowest BCUT2D eigenvalue weighted by Crippen LogP contribution is -2.40. The van der Waals surface area contributed by atoms with Crippen molar-refractivity contribution in [3.05, 3.63) is 35.9 Å². The SMILES string of the molecule is CN(C)CCNC(=O)CNS(=O)(=O)CCc1ccccc1. The molecule has 0 atom stereocenters. The molecule has 1 rings (SSSR count). The van der Waals surface area contributed by atoms with Gasteiger partial charge in [0.15, 0.2) is 0 Å². The molecule has 0 radical (unpaired) electrons. The molecule has 0 aliphatic rings. The number of nitrogens with zero attached hydrogens (tertiary/aromatic N) is 1. The summed E-state index contributed by atoms with van der Waals surface area (Å²) in [6.07, 6.45) is 0.429. The van der Waals surface area contributed by atoms with Gasteiger partial charge in [-0.25, -0.2) is 13.1 Å². The minimum absolute atomic E-state index is 0.0258. The quantitative estimate of drug-likeness (QED) is 0.663. The lowest BCUT2D eigenvalue weighted by molar-refractivity contribution is -0.119. The molecule has 0 spiro atoms. The second-order valence-electron chi connectivity index (χ2n) is 5.03. The Bertz CT molecular complexity index is 530. The minimum atomic E-state index is -3.44. The molecule has 6 nitrogen and oxygen atoms in total. The van der Waals surface area contributed by atoms with Gasteiger partial charge in [-0.3, -0.25) is 4.79 Å². The Morgan fingerprint density at radius 2 is 1.86 bits per heavy atom. The monoisotopic (exact) mass is 313 g/mol. The Hall–Kier alpha value is -1.44. The van der Waals surface area contributed by atoms with Crippen molar-refractivity contribution >= 4 is 15.9 Å². The van der Waals surface area contributed by atoms with Gasteiger partial charge in [-0.05, 0) is 26.1 Å². The Kier molecular flexibility index (Phi) is 7.35. The van der Waals surface area contributed by atoms with Crippen molar-refractivity contribution in [1.29, 1.82) is 0 Å². The summed E-state index contributed by atoms with van der Waals surface area (Å²) in [5.41, 5.74) is 0.957. The first-order chi connectivity index (χ1) is 9.89. The van der Waals surface area contributed by atoms with Gasteiger partial charge in [-0.1, -0.05) is 30.3 Å². The van der Waals surface area contributed by atoms with E-state index in [1.165, 1.54) is 0 Å².